The van der Waals surface area contributed by atoms with Crippen molar-refractivity contribution in [1.82, 2.24) is 5.32 Å². The van der Waals surface area contributed by atoms with Gasteiger partial charge in [-0.1, -0.05) is 0 Å². The van der Waals surface area contributed by atoms with Gasteiger partial charge in [-0.05, 0) is 12.8 Å². The molecule has 46 valence electrons. The fourth-order valence-corrected chi connectivity index (χ4v) is 1.74. The number of piperidine rings is 1. The molecule has 8 heavy (non-hydrogen) atoms. The van der Waals surface area contributed by atoms with E-state index in [9.17, 15) is 0 Å². The molecule has 2 fully saturated rings. The molecule has 0 spiro atoms. The summed E-state index contributed by atoms with van der Waals surface area (Å²) in [7, 11) is 0. The molecule has 2 heteroatoms. The average Bonchev–Trinajstić information content (AvgIpc) is 1.78. The van der Waals surface area contributed by atoms with E-state index in [4.69, 9.17) is 5.73 Å². The van der Waals surface area contributed by atoms with Gasteiger partial charge in [0.25, 0.3) is 0 Å². The van der Waals surface area contributed by atoms with Gasteiger partial charge in [0, 0.05) is 24.5 Å². The molecule has 0 aromatic carbocycles. The first-order valence-corrected chi connectivity index (χ1v) is 3.31. The number of fused-ring (bicyclic) bond motifs is 1. The summed E-state index contributed by atoms with van der Waals surface area (Å²) in [5.74, 6) is 0. The van der Waals surface area contributed by atoms with Gasteiger partial charge in [0.1, 0.15) is 0 Å². The summed E-state index contributed by atoms with van der Waals surface area (Å²) in [6.45, 7) is 2.07. The standard InChI is InChI=1S/C6H12N2/c7-3-6-2-1-5(6)8-4-6/h5,8H,1-4,7H2/t5?,6-/m1/s1. The summed E-state index contributed by atoms with van der Waals surface area (Å²) in [6, 6.07) is 0.799. The van der Waals surface area contributed by atoms with Crippen molar-refractivity contribution in [2.24, 2.45) is 11.1 Å². The molecular weight excluding hydrogens is 100 g/mol. The molecule has 2 rings (SSSR count). The Morgan fingerprint density at radius 3 is 2.62 bits per heavy atom. The summed E-state index contributed by atoms with van der Waals surface area (Å²) < 4.78 is 0. The van der Waals surface area contributed by atoms with Crippen LogP contribution < -0.4 is 11.1 Å². The number of nitrogens with one attached hydrogen (secondary N) is 1. The van der Waals surface area contributed by atoms with Gasteiger partial charge in [-0.15, -0.1) is 0 Å². The third-order valence-electron chi connectivity index (χ3n) is 2.78. The maximum atomic E-state index is 5.57. The molecule has 1 unspecified atom stereocenters. The Morgan fingerprint density at radius 1 is 1.75 bits per heavy atom. The predicted molar refractivity (Wildman–Crippen MR) is 32.5 cm³/mol. The molecule has 0 radical (unpaired) electrons. The van der Waals surface area contributed by atoms with Crippen LogP contribution in [0.3, 0.4) is 0 Å². The van der Waals surface area contributed by atoms with Gasteiger partial charge in [0.05, 0.1) is 0 Å². The fourth-order valence-electron chi connectivity index (χ4n) is 1.74. The molecule has 1 saturated carbocycles. The van der Waals surface area contributed by atoms with Crippen molar-refractivity contribution in [3.8, 4) is 0 Å². The summed E-state index contributed by atoms with van der Waals surface area (Å²) >= 11 is 0. The molecule has 0 aromatic heterocycles. The second-order valence-electron chi connectivity index (χ2n) is 3.04. The third kappa shape index (κ3) is 0.327. The number of nitrogens with two attached hydrogens (primary N) is 1. The molecule has 1 aliphatic carbocycles. The molecule has 2 nitrogen and oxygen atoms in total. The SMILES string of the molecule is NC[C@@]12CCC1NC2. The first-order chi connectivity index (χ1) is 3.87. The van der Waals surface area contributed by atoms with Crippen LogP contribution in [-0.2, 0) is 0 Å². The molecular formula is C6H12N2. The topological polar surface area (TPSA) is 38.0 Å². The zero-order valence-electron chi connectivity index (χ0n) is 4.98. The summed E-state index contributed by atoms with van der Waals surface area (Å²) in [5.41, 5.74) is 6.14. The van der Waals surface area contributed by atoms with Crippen LogP contribution in [0.1, 0.15) is 12.8 Å². The maximum absolute atomic E-state index is 5.57. The van der Waals surface area contributed by atoms with Crippen LogP contribution in [0.2, 0.25) is 0 Å². The van der Waals surface area contributed by atoms with E-state index in [-0.39, 0.29) is 0 Å². The van der Waals surface area contributed by atoms with Crippen molar-refractivity contribution in [1.29, 1.82) is 0 Å². The summed E-state index contributed by atoms with van der Waals surface area (Å²) in [5, 5.41) is 3.36. The van der Waals surface area contributed by atoms with Gasteiger partial charge in [0.15, 0.2) is 0 Å². The quantitative estimate of drug-likeness (QED) is 0.488. The Hall–Kier alpha value is -0.0800. The van der Waals surface area contributed by atoms with Crippen molar-refractivity contribution >= 4 is 0 Å². The first-order valence-electron chi connectivity index (χ1n) is 3.31. The van der Waals surface area contributed by atoms with Crippen molar-refractivity contribution in [3.63, 3.8) is 0 Å². The monoisotopic (exact) mass is 112 g/mol. The Labute approximate surface area is 49.4 Å². The van der Waals surface area contributed by atoms with Crippen LogP contribution in [0, 0.1) is 5.41 Å². The Kier molecular flexibility index (Phi) is 0.746. The first kappa shape index (κ1) is 4.77. The molecule has 0 bridgehead atoms. The highest BCUT2D eigenvalue weighted by molar-refractivity contribution is 5.10. The van der Waals surface area contributed by atoms with Crippen molar-refractivity contribution in [2.75, 3.05) is 13.1 Å². The van der Waals surface area contributed by atoms with E-state index in [0.717, 1.165) is 12.6 Å². The molecule has 2 atom stereocenters. The minimum Gasteiger partial charge on any atom is -0.330 e. The fraction of sp³-hybridized carbons (Fsp3) is 1.00. The average molecular weight is 112 g/mol. The molecule has 1 aliphatic heterocycles. The number of hydrogen-bond donors (Lipinski definition) is 2. The highest BCUT2D eigenvalue weighted by Crippen LogP contribution is 2.45. The Balaban J connectivity index is 2.05. The van der Waals surface area contributed by atoms with E-state index in [1.807, 2.05) is 0 Å². The molecule has 1 saturated heterocycles. The van der Waals surface area contributed by atoms with Crippen molar-refractivity contribution in [2.45, 2.75) is 18.9 Å². The lowest BCUT2D eigenvalue weighted by atomic mass is 9.59. The van der Waals surface area contributed by atoms with Crippen LogP contribution in [0.5, 0.6) is 0 Å². The van der Waals surface area contributed by atoms with E-state index in [0.29, 0.717) is 5.41 Å². The normalized spacial score (nSPS) is 51.4. The smallest absolute Gasteiger partial charge is 0.0148 e. The molecule has 1 heterocycles. The Morgan fingerprint density at radius 2 is 2.62 bits per heavy atom. The van der Waals surface area contributed by atoms with E-state index < -0.39 is 0 Å². The zero-order chi connectivity index (χ0) is 5.61. The van der Waals surface area contributed by atoms with Gasteiger partial charge in [0.2, 0.25) is 0 Å². The van der Waals surface area contributed by atoms with E-state index >= 15 is 0 Å². The molecule has 3 N–H and O–H groups in total. The van der Waals surface area contributed by atoms with Gasteiger partial charge in [-0.25, -0.2) is 0 Å². The van der Waals surface area contributed by atoms with Crippen LogP contribution >= 0.6 is 0 Å². The lowest BCUT2D eigenvalue weighted by Gasteiger charge is -2.58. The second-order valence-corrected chi connectivity index (χ2v) is 3.04. The lowest BCUT2D eigenvalue weighted by molar-refractivity contribution is -0.0124. The van der Waals surface area contributed by atoms with Gasteiger partial charge in [-0.2, -0.15) is 0 Å². The van der Waals surface area contributed by atoms with Crippen LogP contribution in [0.4, 0.5) is 0 Å². The highest BCUT2D eigenvalue weighted by Gasteiger charge is 2.52. The largest absolute Gasteiger partial charge is 0.330 e. The lowest BCUT2D eigenvalue weighted by Crippen LogP contribution is -2.71. The highest BCUT2D eigenvalue weighted by atomic mass is 15.1. The van der Waals surface area contributed by atoms with Gasteiger partial charge < -0.3 is 11.1 Å². The van der Waals surface area contributed by atoms with Crippen LogP contribution in [0.15, 0.2) is 0 Å². The number of rotatable bonds is 1. The van der Waals surface area contributed by atoms with Gasteiger partial charge in [-0.3, -0.25) is 0 Å². The maximum Gasteiger partial charge on any atom is 0.0148 e. The predicted octanol–water partition coefficient (Wildman–Crippen LogP) is -0.303. The van der Waals surface area contributed by atoms with E-state index in [1.165, 1.54) is 19.4 Å². The third-order valence-corrected chi connectivity index (χ3v) is 2.78. The minimum atomic E-state index is 0.569. The number of hydrogen-bond acceptors (Lipinski definition) is 2. The Bertz CT molecular complexity index is 97.6. The summed E-state index contributed by atoms with van der Waals surface area (Å²) in [4.78, 5) is 0. The van der Waals surface area contributed by atoms with Gasteiger partial charge >= 0.3 is 0 Å². The van der Waals surface area contributed by atoms with Crippen molar-refractivity contribution in [3.05, 3.63) is 0 Å². The molecule has 0 amide bonds. The second kappa shape index (κ2) is 1.25. The summed E-state index contributed by atoms with van der Waals surface area (Å²) in [6.07, 6.45) is 2.72. The van der Waals surface area contributed by atoms with Crippen LogP contribution in [0.25, 0.3) is 0 Å². The minimum absolute atomic E-state index is 0.569. The van der Waals surface area contributed by atoms with E-state index in [1.54, 1.807) is 0 Å². The van der Waals surface area contributed by atoms with Crippen molar-refractivity contribution < 1.29 is 0 Å². The molecule has 0 aromatic rings. The van der Waals surface area contributed by atoms with E-state index in [2.05, 4.69) is 5.32 Å². The zero-order valence-corrected chi connectivity index (χ0v) is 4.98. The molecule has 2 aliphatic rings. The van der Waals surface area contributed by atoms with Crippen LogP contribution in [-0.4, -0.2) is 19.1 Å².